The Morgan fingerprint density at radius 1 is 1.24 bits per heavy atom. The van der Waals surface area contributed by atoms with Gasteiger partial charge in [-0.2, -0.15) is 0 Å². The molecular weight excluding hydrogens is 404 g/mol. The van der Waals surface area contributed by atoms with E-state index in [1.165, 1.54) is 53.5 Å². The van der Waals surface area contributed by atoms with Gasteiger partial charge in [0.15, 0.2) is 0 Å². The van der Waals surface area contributed by atoms with Crippen LogP contribution in [0.1, 0.15) is 53.2 Å². The van der Waals surface area contributed by atoms with Crippen LogP contribution in [0.4, 0.5) is 0 Å². The molecule has 3 aromatic rings. The smallest absolute Gasteiger partial charge is 0.277 e. The third kappa shape index (κ3) is 4.70. The first-order valence-electron chi connectivity index (χ1n) is 9.81. The lowest BCUT2D eigenvalue weighted by atomic mass is 9.89. The summed E-state index contributed by atoms with van der Waals surface area (Å²) in [6.45, 7) is 5.89. The maximum Gasteiger partial charge on any atom is 0.277 e. The first-order valence-corrected chi connectivity index (χ1v) is 11.6. The zero-order valence-electron chi connectivity index (χ0n) is 16.8. The molecule has 1 N–H and O–H groups in total. The summed E-state index contributed by atoms with van der Waals surface area (Å²) >= 11 is 2.77. The molecule has 1 aliphatic rings. The number of carbonyl (C=O) groups is 1. The van der Waals surface area contributed by atoms with E-state index in [-0.39, 0.29) is 17.7 Å². The Kier molecular flexibility index (Phi) is 6.01. The predicted octanol–water partition coefficient (Wildman–Crippen LogP) is 4.66. The van der Waals surface area contributed by atoms with Crippen LogP contribution in [-0.2, 0) is 17.6 Å². The van der Waals surface area contributed by atoms with Gasteiger partial charge in [-0.1, -0.05) is 30.0 Å². The number of thiazole rings is 1. The summed E-state index contributed by atoms with van der Waals surface area (Å²) in [5, 5.41) is 12.6. The molecule has 1 amide bonds. The van der Waals surface area contributed by atoms with Crippen LogP contribution in [0.25, 0.3) is 10.8 Å². The zero-order valence-corrected chi connectivity index (χ0v) is 18.5. The number of nitrogens with one attached hydrogen (secondary N) is 1. The van der Waals surface area contributed by atoms with Crippen molar-refractivity contribution in [3.63, 3.8) is 0 Å². The number of carbonyl (C=O) groups excluding carboxylic acids is 1. The van der Waals surface area contributed by atoms with Crippen LogP contribution >= 0.6 is 23.1 Å². The number of amides is 1. The molecule has 0 aliphatic heterocycles. The van der Waals surface area contributed by atoms with Crippen LogP contribution in [0.15, 0.2) is 27.8 Å². The second kappa shape index (κ2) is 8.67. The Bertz CT molecular complexity index is 1030. The number of hydrogen-bond acceptors (Lipinski definition) is 7. The van der Waals surface area contributed by atoms with Gasteiger partial charge in [-0.05, 0) is 63.1 Å². The summed E-state index contributed by atoms with van der Waals surface area (Å²) in [5.41, 5.74) is 4.91. The molecule has 0 fully saturated rings. The van der Waals surface area contributed by atoms with E-state index in [4.69, 9.17) is 4.42 Å². The molecule has 4 rings (SSSR count). The molecule has 2 heterocycles. The van der Waals surface area contributed by atoms with Gasteiger partial charge in [0.2, 0.25) is 5.91 Å². The molecule has 0 bridgehead atoms. The minimum atomic E-state index is -0.0511. The summed E-state index contributed by atoms with van der Waals surface area (Å²) < 4.78 is 5.70. The van der Waals surface area contributed by atoms with Crippen molar-refractivity contribution in [1.82, 2.24) is 20.5 Å². The summed E-state index contributed by atoms with van der Waals surface area (Å²) in [6, 6.07) is 6.56. The molecule has 0 saturated carbocycles. The van der Waals surface area contributed by atoms with Gasteiger partial charge in [0.05, 0.1) is 22.5 Å². The van der Waals surface area contributed by atoms with Gasteiger partial charge >= 0.3 is 0 Å². The minimum Gasteiger partial charge on any atom is -0.410 e. The van der Waals surface area contributed by atoms with Crippen LogP contribution in [0.3, 0.4) is 0 Å². The number of benzene rings is 1. The van der Waals surface area contributed by atoms with Crippen LogP contribution in [0, 0.1) is 13.8 Å². The lowest BCUT2D eigenvalue weighted by molar-refractivity contribution is -0.119. The number of fused-ring (bicyclic) bond motifs is 1. The third-order valence-corrected chi connectivity index (χ3v) is 6.96. The lowest BCUT2D eigenvalue weighted by Gasteiger charge is -2.20. The van der Waals surface area contributed by atoms with Crippen molar-refractivity contribution in [1.29, 1.82) is 0 Å². The quantitative estimate of drug-likeness (QED) is 0.575. The third-order valence-electron chi connectivity index (χ3n) is 5.08. The Balaban J connectivity index is 1.33. The van der Waals surface area contributed by atoms with Gasteiger partial charge in [0.1, 0.15) is 4.88 Å². The Labute approximate surface area is 178 Å². The van der Waals surface area contributed by atoms with Crippen molar-refractivity contribution in [2.45, 2.75) is 57.7 Å². The van der Waals surface area contributed by atoms with E-state index >= 15 is 0 Å². The van der Waals surface area contributed by atoms with E-state index in [1.54, 1.807) is 0 Å². The molecule has 1 unspecified atom stereocenters. The molecule has 0 saturated heterocycles. The van der Waals surface area contributed by atoms with Gasteiger partial charge < -0.3 is 9.73 Å². The van der Waals surface area contributed by atoms with Crippen molar-refractivity contribution in [2.24, 2.45) is 0 Å². The van der Waals surface area contributed by atoms with Crippen molar-refractivity contribution in [3.05, 3.63) is 45.6 Å². The minimum absolute atomic E-state index is 0.0311. The molecule has 1 aliphatic carbocycles. The average Bonchev–Trinajstić information content (AvgIpc) is 3.31. The van der Waals surface area contributed by atoms with E-state index in [0.717, 1.165) is 27.6 Å². The van der Waals surface area contributed by atoms with Gasteiger partial charge in [0.25, 0.3) is 11.1 Å². The van der Waals surface area contributed by atoms with Crippen molar-refractivity contribution in [3.8, 4) is 10.8 Å². The van der Waals surface area contributed by atoms with Gasteiger partial charge in [-0.3, -0.25) is 4.79 Å². The zero-order chi connectivity index (χ0) is 20.4. The van der Waals surface area contributed by atoms with Crippen molar-refractivity contribution >= 4 is 29.0 Å². The lowest BCUT2D eigenvalue weighted by Crippen LogP contribution is -2.28. The maximum absolute atomic E-state index is 12.4. The molecule has 152 valence electrons. The molecule has 0 spiro atoms. The van der Waals surface area contributed by atoms with E-state index in [2.05, 4.69) is 38.7 Å². The van der Waals surface area contributed by atoms with E-state index < -0.39 is 0 Å². The number of thioether (sulfide) groups is 1. The SMILES string of the molecule is Cc1nc(C)c(-c2nnc(SCC(=O)NC(C)c3ccc4c(c3)CCCC4)o2)s1. The fourth-order valence-corrected chi connectivity index (χ4v) is 5.02. The first kappa shape index (κ1) is 20.1. The van der Waals surface area contributed by atoms with Crippen LogP contribution < -0.4 is 5.32 Å². The van der Waals surface area contributed by atoms with Gasteiger partial charge in [-0.15, -0.1) is 21.5 Å². The second-order valence-electron chi connectivity index (χ2n) is 7.33. The first-order chi connectivity index (χ1) is 14.0. The average molecular weight is 429 g/mol. The van der Waals surface area contributed by atoms with Gasteiger partial charge in [0, 0.05) is 0 Å². The number of hydrogen-bond donors (Lipinski definition) is 1. The Morgan fingerprint density at radius 3 is 2.79 bits per heavy atom. The topological polar surface area (TPSA) is 80.9 Å². The standard InChI is InChI=1S/C21H24N4O2S2/c1-12(16-9-8-15-6-4-5-7-17(15)10-16)23-18(26)11-28-21-25-24-20(27-21)19-13(2)22-14(3)29-19/h8-10,12H,4-7,11H2,1-3H3,(H,23,26). The highest BCUT2D eigenvalue weighted by molar-refractivity contribution is 7.99. The maximum atomic E-state index is 12.4. The molecule has 29 heavy (non-hydrogen) atoms. The number of nitrogens with zero attached hydrogens (tertiary/aromatic N) is 3. The molecule has 2 aromatic heterocycles. The summed E-state index contributed by atoms with van der Waals surface area (Å²) in [6.07, 6.45) is 4.83. The van der Waals surface area contributed by atoms with Gasteiger partial charge in [-0.25, -0.2) is 4.98 Å². The normalized spacial score (nSPS) is 14.4. The molecule has 1 atom stereocenters. The van der Waals surface area contributed by atoms with E-state index in [1.807, 2.05) is 20.8 Å². The van der Waals surface area contributed by atoms with E-state index in [0.29, 0.717) is 11.1 Å². The van der Waals surface area contributed by atoms with Crippen LogP contribution in [0.5, 0.6) is 0 Å². The largest absolute Gasteiger partial charge is 0.410 e. The molecule has 6 nitrogen and oxygen atoms in total. The summed E-state index contributed by atoms with van der Waals surface area (Å²) in [4.78, 5) is 17.7. The molecular formula is C21H24N4O2S2. The van der Waals surface area contributed by atoms with Crippen LogP contribution in [0.2, 0.25) is 0 Å². The van der Waals surface area contributed by atoms with Crippen molar-refractivity contribution < 1.29 is 9.21 Å². The summed E-state index contributed by atoms with van der Waals surface area (Å²) in [5.74, 6) is 0.640. The molecule has 1 aromatic carbocycles. The predicted molar refractivity (Wildman–Crippen MR) is 115 cm³/mol. The highest BCUT2D eigenvalue weighted by atomic mass is 32.2. The highest BCUT2D eigenvalue weighted by Gasteiger charge is 2.17. The fraction of sp³-hybridized carbons (Fsp3) is 0.429. The van der Waals surface area contributed by atoms with Crippen molar-refractivity contribution in [2.75, 3.05) is 5.75 Å². The second-order valence-corrected chi connectivity index (χ2v) is 9.46. The molecule has 8 heteroatoms. The number of aryl methyl sites for hydroxylation is 4. The Morgan fingerprint density at radius 2 is 2.03 bits per heavy atom. The number of rotatable bonds is 6. The monoisotopic (exact) mass is 428 g/mol. The van der Waals surface area contributed by atoms with Crippen LogP contribution in [-0.4, -0.2) is 26.8 Å². The summed E-state index contributed by atoms with van der Waals surface area (Å²) in [7, 11) is 0. The number of aromatic nitrogens is 3. The fourth-order valence-electron chi connectivity index (χ4n) is 3.61. The highest BCUT2D eigenvalue weighted by Crippen LogP contribution is 2.30. The van der Waals surface area contributed by atoms with E-state index in [9.17, 15) is 4.79 Å². The Hall–Kier alpha value is -2.19. The molecule has 0 radical (unpaired) electrons.